The summed E-state index contributed by atoms with van der Waals surface area (Å²) >= 11 is 0. The summed E-state index contributed by atoms with van der Waals surface area (Å²) in [6.45, 7) is 1.72. The normalized spacial score (nSPS) is 26.6. The lowest BCUT2D eigenvalue weighted by Gasteiger charge is -2.45. The highest BCUT2D eigenvalue weighted by Crippen LogP contribution is 2.50. The van der Waals surface area contributed by atoms with Crippen LogP contribution in [0.5, 0.6) is 0 Å². The highest BCUT2D eigenvalue weighted by atomic mass is 19.4. The molecule has 4 atom stereocenters. The summed E-state index contributed by atoms with van der Waals surface area (Å²) in [5, 5.41) is 6.28. The van der Waals surface area contributed by atoms with Gasteiger partial charge in [-0.05, 0) is 30.2 Å². The lowest BCUT2D eigenvalue weighted by molar-refractivity contribution is -0.138. The van der Waals surface area contributed by atoms with Gasteiger partial charge >= 0.3 is 6.18 Å². The van der Waals surface area contributed by atoms with Crippen molar-refractivity contribution in [3.63, 3.8) is 0 Å². The Morgan fingerprint density at radius 1 is 1.18 bits per heavy atom. The van der Waals surface area contributed by atoms with Gasteiger partial charge in [0.05, 0.1) is 30.4 Å². The predicted molar refractivity (Wildman–Crippen MR) is 98.7 cm³/mol. The number of ether oxygens (including phenoxy) is 1. The lowest BCUT2D eigenvalue weighted by atomic mass is 9.76. The first-order chi connectivity index (χ1) is 13.3. The average Bonchev–Trinajstić information content (AvgIpc) is 2.66. The van der Waals surface area contributed by atoms with Gasteiger partial charge in [-0.1, -0.05) is 30.3 Å². The minimum Gasteiger partial charge on any atom is -0.378 e. The number of halogens is 3. The summed E-state index contributed by atoms with van der Waals surface area (Å²) in [6.07, 6.45) is -4.26. The Labute approximate surface area is 161 Å². The smallest absolute Gasteiger partial charge is 0.378 e. The molecule has 0 spiro atoms. The minimum absolute atomic E-state index is 0.107. The zero-order chi connectivity index (χ0) is 19.9. The van der Waals surface area contributed by atoms with Gasteiger partial charge in [-0.2, -0.15) is 13.2 Å². The molecule has 7 heteroatoms. The van der Waals surface area contributed by atoms with Crippen molar-refractivity contribution in [2.24, 2.45) is 5.92 Å². The molecule has 0 radical (unpaired) electrons. The van der Waals surface area contributed by atoms with Crippen molar-refractivity contribution in [3.8, 4) is 0 Å². The molecule has 0 aliphatic carbocycles. The first-order valence-corrected chi connectivity index (χ1v) is 9.24. The number of hydrogen-bond acceptors (Lipinski definition) is 3. The second-order valence-corrected chi connectivity index (χ2v) is 7.38. The third kappa shape index (κ3) is 3.58. The van der Waals surface area contributed by atoms with Gasteiger partial charge in [0.2, 0.25) is 5.91 Å². The standard InChI is InChI=1S/C21H21F3N2O2/c1-12(27)25-15-10-17-19(13-5-3-2-4-6-13)26-18-8-7-14(21(22,23)24)9-16(18)20(17)28-11-15/h2-9,15,17,19-20,26H,10-11H2,1H3,(H,25,27). The molecule has 28 heavy (non-hydrogen) atoms. The first-order valence-electron chi connectivity index (χ1n) is 9.24. The van der Waals surface area contributed by atoms with E-state index >= 15 is 0 Å². The Morgan fingerprint density at radius 2 is 1.93 bits per heavy atom. The fourth-order valence-corrected chi connectivity index (χ4v) is 4.25. The number of alkyl halides is 3. The quantitative estimate of drug-likeness (QED) is 0.796. The number of amides is 1. The van der Waals surface area contributed by atoms with Crippen LogP contribution in [0.2, 0.25) is 0 Å². The molecule has 2 aliphatic heterocycles. The van der Waals surface area contributed by atoms with Crippen molar-refractivity contribution < 1.29 is 22.7 Å². The number of fused-ring (bicyclic) bond motifs is 3. The molecular formula is C21H21F3N2O2. The van der Waals surface area contributed by atoms with E-state index in [0.29, 0.717) is 17.7 Å². The SMILES string of the molecule is CC(=O)NC1COC2c3cc(C(F)(F)F)ccc3NC(c3ccccc3)C2C1. The fourth-order valence-electron chi connectivity index (χ4n) is 4.25. The average molecular weight is 390 g/mol. The van der Waals surface area contributed by atoms with Crippen LogP contribution in [0.4, 0.5) is 18.9 Å². The van der Waals surface area contributed by atoms with Crippen LogP contribution in [-0.2, 0) is 15.7 Å². The van der Waals surface area contributed by atoms with Gasteiger partial charge in [0, 0.05) is 24.1 Å². The number of rotatable bonds is 2. The Bertz CT molecular complexity index is 870. The van der Waals surface area contributed by atoms with Crippen LogP contribution in [0, 0.1) is 5.92 Å². The van der Waals surface area contributed by atoms with E-state index in [2.05, 4.69) is 10.6 Å². The van der Waals surface area contributed by atoms with Gasteiger partial charge in [-0.15, -0.1) is 0 Å². The van der Waals surface area contributed by atoms with Crippen LogP contribution >= 0.6 is 0 Å². The zero-order valence-corrected chi connectivity index (χ0v) is 15.3. The van der Waals surface area contributed by atoms with Gasteiger partial charge in [-0.3, -0.25) is 4.79 Å². The van der Waals surface area contributed by atoms with Gasteiger partial charge in [0.15, 0.2) is 0 Å². The van der Waals surface area contributed by atoms with Gasteiger partial charge in [0.25, 0.3) is 0 Å². The third-order valence-electron chi connectivity index (χ3n) is 5.41. The van der Waals surface area contributed by atoms with Gasteiger partial charge < -0.3 is 15.4 Å². The maximum Gasteiger partial charge on any atom is 0.416 e. The Kier molecular flexibility index (Phi) is 4.79. The lowest BCUT2D eigenvalue weighted by Crippen LogP contribution is -2.47. The van der Waals surface area contributed by atoms with Crippen molar-refractivity contribution >= 4 is 11.6 Å². The summed E-state index contributed by atoms with van der Waals surface area (Å²) < 4.78 is 45.7. The van der Waals surface area contributed by atoms with Gasteiger partial charge in [0.1, 0.15) is 0 Å². The summed E-state index contributed by atoms with van der Waals surface area (Å²) in [5.74, 6) is -0.254. The molecular weight excluding hydrogens is 369 g/mol. The molecule has 2 aromatic rings. The molecule has 1 saturated heterocycles. The van der Waals surface area contributed by atoms with Crippen molar-refractivity contribution in [1.29, 1.82) is 0 Å². The van der Waals surface area contributed by atoms with Gasteiger partial charge in [-0.25, -0.2) is 0 Å². The third-order valence-corrected chi connectivity index (χ3v) is 5.41. The molecule has 0 aromatic heterocycles. The number of hydrogen-bond donors (Lipinski definition) is 2. The van der Waals surface area contributed by atoms with E-state index in [9.17, 15) is 18.0 Å². The number of carbonyl (C=O) groups is 1. The van der Waals surface area contributed by atoms with Crippen LogP contribution in [0.25, 0.3) is 0 Å². The molecule has 2 aliphatic rings. The van der Waals surface area contributed by atoms with Crippen molar-refractivity contribution in [3.05, 3.63) is 65.2 Å². The van der Waals surface area contributed by atoms with E-state index in [1.807, 2.05) is 30.3 Å². The van der Waals surface area contributed by atoms with E-state index < -0.39 is 17.8 Å². The fraction of sp³-hybridized carbons (Fsp3) is 0.381. The molecule has 2 N–H and O–H groups in total. The van der Waals surface area contributed by atoms with E-state index in [0.717, 1.165) is 11.6 Å². The second-order valence-electron chi connectivity index (χ2n) is 7.38. The monoisotopic (exact) mass is 390 g/mol. The van der Waals surface area contributed by atoms with Crippen LogP contribution in [0.3, 0.4) is 0 Å². The number of carbonyl (C=O) groups excluding carboxylic acids is 1. The molecule has 0 saturated carbocycles. The molecule has 4 rings (SSSR count). The van der Waals surface area contributed by atoms with E-state index in [-0.39, 0.29) is 30.5 Å². The maximum absolute atomic E-state index is 13.2. The summed E-state index contributed by atoms with van der Waals surface area (Å²) in [4.78, 5) is 11.5. The molecule has 0 bridgehead atoms. The molecule has 2 heterocycles. The van der Waals surface area contributed by atoms with Crippen LogP contribution < -0.4 is 10.6 Å². The topological polar surface area (TPSA) is 50.4 Å². The zero-order valence-electron chi connectivity index (χ0n) is 15.3. The summed E-state index contributed by atoms with van der Waals surface area (Å²) in [5.41, 5.74) is 1.53. The summed E-state index contributed by atoms with van der Waals surface area (Å²) in [7, 11) is 0. The number of benzene rings is 2. The number of nitrogens with one attached hydrogen (secondary N) is 2. The van der Waals surface area contributed by atoms with Crippen molar-refractivity contribution in [2.75, 3.05) is 11.9 Å². The highest BCUT2D eigenvalue weighted by Gasteiger charge is 2.43. The van der Waals surface area contributed by atoms with Crippen molar-refractivity contribution in [1.82, 2.24) is 5.32 Å². The molecule has 4 nitrogen and oxygen atoms in total. The van der Waals surface area contributed by atoms with E-state index in [1.54, 1.807) is 0 Å². The first kappa shape index (κ1) is 18.8. The highest BCUT2D eigenvalue weighted by molar-refractivity contribution is 5.73. The second kappa shape index (κ2) is 7.13. The Balaban J connectivity index is 1.73. The molecule has 1 amide bonds. The molecule has 2 aromatic carbocycles. The van der Waals surface area contributed by atoms with Crippen LogP contribution in [-0.4, -0.2) is 18.6 Å². The molecule has 4 unspecified atom stereocenters. The predicted octanol–water partition coefficient (Wildman–Crippen LogP) is 4.45. The molecule has 1 fully saturated rings. The van der Waals surface area contributed by atoms with Crippen LogP contribution in [0.1, 0.15) is 42.2 Å². The summed E-state index contributed by atoms with van der Waals surface area (Å²) in [6, 6.07) is 13.2. The Hall–Kier alpha value is -2.54. The van der Waals surface area contributed by atoms with Crippen molar-refractivity contribution in [2.45, 2.75) is 37.7 Å². The van der Waals surface area contributed by atoms with E-state index in [1.165, 1.54) is 19.1 Å². The minimum atomic E-state index is -4.41. The molecule has 148 valence electrons. The maximum atomic E-state index is 13.2. The number of anilines is 1. The van der Waals surface area contributed by atoms with E-state index in [4.69, 9.17) is 4.74 Å². The van der Waals surface area contributed by atoms with Crippen LogP contribution in [0.15, 0.2) is 48.5 Å². The Morgan fingerprint density at radius 3 is 2.61 bits per heavy atom. The largest absolute Gasteiger partial charge is 0.416 e.